The molecule has 0 radical (unpaired) electrons. The largest absolute Gasteiger partial charge is 0.493 e. The molecule has 1 aromatic heterocycles. The van der Waals surface area contributed by atoms with E-state index in [1.807, 2.05) is 6.07 Å². The number of methoxy groups -OCH3 is 1. The van der Waals surface area contributed by atoms with E-state index in [2.05, 4.69) is 27.8 Å². The molecular weight excluding hydrogens is 418 g/mol. The normalized spacial score (nSPS) is 21.0. The minimum absolute atomic E-state index is 0.158. The van der Waals surface area contributed by atoms with Gasteiger partial charge >= 0.3 is 0 Å². The second-order valence-corrected chi connectivity index (χ2v) is 9.82. The molecule has 1 N–H and O–H groups in total. The number of hydrogen-bond acceptors (Lipinski definition) is 8. The maximum Gasteiger partial charge on any atom is 0.226 e. The summed E-state index contributed by atoms with van der Waals surface area (Å²) in [5.41, 5.74) is 2.11. The van der Waals surface area contributed by atoms with Crippen molar-refractivity contribution < 1.29 is 14.6 Å². The summed E-state index contributed by atoms with van der Waals surface area (Å²) >= 11 is 0. The number of piperidine rings is 1. The highest BCUT2D eigenvalue weighted by atomic mass is 16.5. The van der Waals surface area contributed by atoms with Crippen molar-refractivity contribution in [3.8, 4) is 11.5 Å². The van der Waals surface area contributed by atoms with Crippen molar-refractivity contribution >= 4 is 16.9 Å². The molecule has 4 heterocycles. The first-order valence-corrected chi connectivity index (χ1v) is 12.5. The number of aliphatic hydroxyl groups is 1. The van der Waals surface area contributed by atoms with Crippen LogP contribution in [0.3, 0.4) is 0 Å². The first-order chi connectivity index (χ1) is 16.1. The van der Waals surface area contributed by atoms with E-state index < -0.39 is 0 Å². The van der Waals surface area contributed by atoms with Gasteiger partial charge in [-0.1, -0.05) is 0 Å². The standard InChI is InChI=1S/C25H37N5O3/c1-28-11-6-18(7-12-28)24-20-14-22(32-2)23(33-13-5-8-29-16-19(31)17-29)15-21(20)26-25(27-24)30-9-3-4-10-30/h14-15,18-19,31H,3-13,16-17H2,1-2H3. The molecular formula is C25H37N5O3. The van der Waals surface area contributed by atoms with Crippen molar-refractivity contribution in [2.45, 2.75) is 44.1 Å². The Hall–Kier alpha value is -2.16. The van der Waals surface area contributed by atoms with Gasteiger partial charge in [0.15, 0.2) is 11.5 Å². The van der Waals surface area contributed by atoms with Crippen molar-refractivity contribution in [3.05, 3.63) is 17.8 Å². The van der Waals surface area contributed by atoms with Crippen molar-refractivity contribution in [2.75, 3.05) is 71.5 Å². The molecule has 0 spiro atoms. The van der Waals surface area contributed by atoms with Crippen LogP contribution in [0.1, 0.15) is 43.7 Å². The second kappa shape index (κ2) is 9.99. The van der Waals surface area contributed by atoms with Crippen LogP contribution in [0, 0.1) is 0 Å². The molecule has 3 saturated heterocycles. The van der Waals surface area contributed by atoms with Crippen LogP contribution < -0.4 is 14.4 Å². The van der Waals surface area contributed by atoms with Gasteiger partial charge in [-0.15, -0.1) is 0 Å². The first-order valence-electron chi connectivity index (χ1n) is 12.5. The van der Waals surface area contributed by atoms with Crippen LogP contribution in [0.4, 0.5) is 5.95 Å². The van der Waals surface area contributed by atoms with E-state index in [1.54, 1.807) is 7.11 Å². The summed E-state index contributed by atoms with van der Waals surface area (Å²) in [6, 6.07) is 4.12. The van der Waals surface area contributed by atoms with E-state index in [4.69, 9.17) is 19.4 Å². The Kier molecular flexibility index (Phi) is 6.85. The van der Waals surface area contributed by atoms with Crippen LogP contribution in [-0.2, 0) is 0 Å². The zero-order valence-electron chi connectivity index (χ0n) is 20.0. The van der Waals surface area contributed by atoms with Gasteiger partial charge < -0.3 is 24.4 Å². The lowest BCUT2D eigenvalue weighted by Crippen LogP contribution is -2.50. The maximum atomic E-state index is 9.44. The number of rotatable bonds is 8. The number of β-amino-alcohol motifs (C(OH)–C–C–N with tert-alkyl or cyclic N) is 1. The maximum absolute atomic E-state index is 9.44. The van der Waals surface area contributed by atoms with Crippen molar-refractivity contribution in [1.29, 1.82) is 0 Å². The molecule has 8 nitrogen and oxygen atoms in total. The number of hydrogen-bond donors (Lipinski definition) is 1. The number of aromatic nitrogens is 2. The molecule has 0 aliphatic carbocycles. The number of ether oxygens (including phenoxy) is 2. The molecule has 5 rings (SSSR count). The van der Waals surface area contributed by atoms with Crippen LogP contribution in [-0.4, -0.2) is 97.6 Å². The fourth-order valence-corrected chi connectivity index (χ4v) is 5.27. The van der Waals surface area contributed by atoms with Gasteiger partial charge in [-0.25, -0.2) is 9.97 Å². The summed E-state index contributed by atoms with van der Waals surface area (Å²) in [4.78, 5) is 17.1. The number of fused-ring (bicyclic) bond motifs is 1. The number of nitrogens with zero attached hydrogens (tertiary/aromatic N) is 5. The van der Waals surface area contributed by atoms with E-state index >= 15 is 0 Å². The lowest BCUT2D eigenvalue weighted by atomic mass is 9.91. The smallest absolute Gasteiger partial charge is 0.226 e. The van der Waals surface area contributed by atoms with Gasteiger partial charge in [0, 0.05) is 50.1 Å². The minimum Gasteiger partial charge on any atom is -0.493 e. The van der Waals surface area contributed by atoms with Gasteiger partial charge in [0.05, 0.1) is 31.0 Å². The van der Waals surface area contributed by atoms with Crippen LogP contribution >= 0.6 is 0 Å². The topological polar surface area (TPSA) is 74.2 Å². The zero-order chi connectivity index (χ0) is 22.8. The Morgan fingerprint density at radius 2 is 1.79 bits per heavy atom. The SMILES string of the molecule is COc1cc2c(C3CCN(C)CC3)nc(N3CCCC3)nc2cc1OCCCN1CC(O)C1. The zero-order valence-corrected chi connectivity index (χ0v) is 20.0. The molecule has 0 saturated carbocycles. The molecule has 0 bridgehead atoms. The Labute approximate surface area is 196 Å². The quantitative estimate of drug-likeness (QED) is 0.609. The first kappa shape index (κ1) is 22.6. The third kappa shape index (κ3) is 5.03. The van der Waals surface area contributed by atoms with E-state index in [9.17, 15) is 5.11 Å². The van der Waals surface area contributed by atoms with Gasteiger partial charge in [-0.05, 0) is 58.3 Å². The van der Waals surface area contributed by atoms with Gasteiger partial charge in [-0.2, -0.15) is 0 Å². The monoisotopic (exact) mass is 455 g/mol. The fourth-order valence-electron chi connectivity index (χ4n) is 5.27. The fraction of sp³-hybridized carbons (Fsp3) is 0.680. The highest BCUT2D eigenvalue weighted by Gasteiger charge is 2.26. The molecule has 8 heteroatoms. The predicted molar refractivity (Wildman–Crippen MR) is 130 cm³/mol. The molecule has 0 amide bonds. The highest BCUT2D eigenvalue weighted by molar-refractivity contribution is 5.86. The van der Waals surface area contributed by atoms with E-state index in [1.165, 1.54) is 12.8 Å². The van der Waals surface area contributed by atoms with Crippen molar-refractivity contribution in [2.24, 2.45) is 0 Å². The number of aliphatic hydroxyl groups excluding tert-OH is 1. The Morgan fingerprint density at radius 1 is 1.03 bits per heavy atom. The minimum atomic E-state index is -0.158. The summed E-state index contributed by atoms with van der Waals surface area (Å²) in [5, 5.41) is 10.5. The Bertz CT molecular complexity index is 951. The average molecular weight is 456 g/mol. The molecule has 0 unspecified atom stereocenters. The highest BCUT2D eigenvalue weighted by Crippen LogP contribution is 2.38. The lowest BCUT2D eigenvalue weighted by Gasteiger charge is -2.35. The number of anilines is 1. The number of benzene rings is 1. The molecule has 33 heavy (non-hydrogen) atoms. The average Bonchev–Trinajstić information content (AvgIpc) is 3.35. The third-order valence-electron chi connectivity index (χ3n) is 7.31. The summed E-state index contributed by atoms with van der Waals surface area (Å²) in [5.74, 6) is 2.79. The van der Waals surface area contributed by atoms with Gasteiger partial charge in [0.2, 0.25) is 5.95 Å². The summed E-state index contributed by atoms with van der Waals surface area (Å²) in [6.07, 6.45) is 5.40. The molecule has 3 fully saturated rings. The van der Waals surface area contributed by atoms with Gasteiger partial charge in [0.25, 0.3) is 0 Å². The summed E-state index contributed by atoms with van der Waals surface area (Å²) in [7, 11) is 3.89. The van der Waals surface area contributed by atoms with E-state index in [-0.39, 0.29) is 6.10 Å². The summed E-state index contributed by atoms with van der Waals surface area (Å²) in [6.45, 7) is 7.36. The Morgan fingerprint density at radius 3 is 2.48 bits per heavy atom. The second-order valence-electron chi connectivity index (χ2n) is 9.82. The number of likely N-dealkylation sites (tertiary alicyclic amines) is 2. The molecule has 2 aromatic rings. The van der Waals surface area contributed by atoms with Gasteiger partial charge in [-0.3, -0.25) is 4.90 Å². The third-order valence-corrected chi connectivity index (χ3v) is 7.31. The molecule has 3 aliphatic rings. The molecule has 0 atom stereocenters. The van der Waals surface area contributed by atoms with Crippen LogP contribution in [0.25, 0.3) is 10.9 Å². The van der Waals surface area contributed by atoms with E-state index in [0.717, 1.165) is 99.1 Å². The summed E-state index contributed by atoms with van der Waals surface area (Å²) < 4.78 is 11.9. The van der Waals surface area contributed by atoms with Crippen molar-refractivity contribution in [1.82, 2.24) is 19.8 Å². The van der Waals surface area contributed by atoms with Crippen LogP contribution in [0.5, 0.6) is 11.5 Å². The molecule has 1 aromatic carbocycles. The predicted octanol–water partition coefficient (Wildman–Crippen LogP) is 2.49. The van der Waals surface area contributed by atoms with Crippen molar-refractivity contribution in [3.63, 3.8) is 0 Å². The van der Waals surface area contributed by atoms with Gasteiger partial charge in [0.1, 0.15) is 0 Å². The lowest BCUT2D eigenvalue weighted by molar-refractivity contribution is 0.0000190. The van der Waals surface area contributed by atoms with E-state index in [0.29, 0.717) is 12.5 Å². The molecule has 3 aliphatic heterocycles. The van der Waals surface area contributed by atoms with Crippen LogP contribution in [0.15, 0.2) is 12.1 Å². The van der Waals surface area contributed by atoms with Crippen LogP contribution in [0.2, 0.25) is 0 Å². The molecule has 180 valence electrons. The Balaban J connectivity index is 1.41.